The number of aryl methyl sites for hydroxylation is 1. The van der Waals surface area contributed by atoms with Crippen LogP contribution in [0.4, 0.5) is 0 Å². The fraction of sp³-hybridized carbons (Fsp3) is 0.545. The van der Waals surface area contributed by atoms with Crippen molar-refractivity contribution in [3.63, 3.8) is 0 Å². The average Bonchev–Trinajstić information content (AvgIpc) is 2.65. The van der Waals surface area contributed by atoms with Crippen LogP contribution in [0.25, 0.3) is 0 Å². The Labute approximate surface area is 88.9 Å². The molecule has 0 amide bonds. The molecule has 0 bridgehead atoms. The number of carbonyl (C=O) groups is 1. The first kappa shape index (κ1) is 11.2. The van der Waals surface area contributed by atoms with Gasteiger partial charge in [0.25, 0.3) is 0 Å². The molecule has 78 valence electrons. The lowest BCUT2D eigenvalue weighted by Gasteiger charge is -2.07. The molecule has 14 heavy (non-hydrogen) atoms. The zero-order valence-corrected chi connectivity index (χ0v) is 9.69. The first-order valence-corrected chi connectivity index (χ1v) is 5.75. The number of hydrogen-bond donors (Lipinski definition) is 0. The Balaban J connectivity index is 2.68. The van der Waals surface area contributed by atoms with Crippen molar-refractivity contribution < 1.29 is 9.53 Å². The van der Waals surface area contributed by atoms with E-state index in [0.717, 1.165) is 11.3 Å². The van der Waals surface area contributed by atoms with Crippen LogP contribution in [-0.4, -0.2) is 12.6 Å². The van der Waals surface area contributed by atoms with Crippen molar-refractivity contribution in [3.05, 3.63) is 21.9 Å². The van der Waals surface area contributed by atoms with Crippen LogP contribution in [0, 0.1) is 0 Å². The van der Waals surface area contributed by atoms with Crippen LogP contribution in [0.15, 0.2) is 12.1 Å². The summed E-state index contributed by atoms with van der Waals surface area (Å²) in [5.41, 5.74) is 0. The smallest absolute Gasteiger partial charge is 0.313 e. The molecule has 0 aliphatic rings. The largest absolute Gasteiger partial charge is 0.466 e. The standard InChI is InChI=1S/C11H16O2S/c1-4-9-6-7-10(14-9)8(3)11(12)13-5-2/h6-8H,4-5H2,1-3H3. The summed E-state index contributed by atoms with van der Waals surface area (Å²) in [5.74, 6) is -0.253. The minimum atomic E-state index is -0.128. The molecule has 1 aromatic rings. The molecule has 0 radical (unpaired) electrons. The Bertz CT molecular complexity index is 304. The maximum absolute atomic E-state index is 11.4. The van der Waals surface area contributed by atoms with Gasteiger partial charge >= 0.3 is 5.97 Å². The molecule has 0 fully saturated rings. The van der Waals surface area contributed by atoms with Gasteiger partial charge in [0.05, 0.1) is 12.5 Å². The van der Waals surface area contributed by atoms with Crippen molar-refractivity contribution in [2.45, 2.75) is 33.1 Å². The molecule has 0 spiro atoms. The van der Waals surface area contributed by atoms with Gasteiger partial charge in [0, 0.05) is 9.75 Å². The third-order valence-electron chi connectivity index (χ3n) is 2.10. The first-order chi connectivity index (χ1) is 6.69. The van der Waals surface area contributed by atoms with Crippen LogP contribution in [0.5, 0.6) is 0 Å². The summed E-state index contributed by atoms with van der Waals surface area (Å²) in [7, 11) is 0. The van der Waals surface area contributed by atoms with Gasteiger partial charge in [-0.3, -0.25) is 4.79 Å². The van der Waals surface area contributed by atoms with Crippen molar-refractivity contribution in [2.75, 3.05) is 6.61 Å². The monoisotopic (exact) mass is 212 g/mol. The Kier molecular flexibility index (Phi) is 4.14. The first-order valence-electron chi connectivity index (χ1n) is 4.94. The lowest BCUT2D eigenvalue weighted by Crippen LogP contribution is -2.11. The molecule has 1 rings (SSSR count). The predicted molar refractivity (Wildman–Crippen MR) is 58.7 cm³/mol. The lowest BCUT2D eigenvalue weighted by atomic mass is 10.1. The van der Waals surface area contributed by atoms with Gasteiger partial charge in [-0.2, -0.15) is 0 Å². The van der Waals surface area contributed by atoms with E-state index in [0.29, 0.717) is 6.61 Å². The van der Waals surface area contributed by atoms with E-state index in [1.807, 2.05) is 19.9 Å². The molecule has 0 saturated heterocycles. The van der Waals surface area contributed by atoms with Crippen LogP contribution >= 0.6 is 11.3 Å². The van der Waals surface area contributed by atoms with Crippen molar-refractivity contribution in [3.8, 4) is 0 Å². The van der Waals surface area contributed by atoms with Gasteiger partial charge in [-0.1, -0.05) is 6.92 Å². The topological polar surface area (TPSA) is 26.3 Å². The summed E-state index contributed by atoms with van der Waals surface area (Å²) in [6, 6.07) is 4.10. The number of rotatable bonds is 4. The molecule has 0 aromatic carbocycles. The number of hydrogen-bond acceptors (Lipinski definition) is 3. The number of thiophene rings is 1. The van der Waals surface area contributed by atoms with Gasteiger partial charge in [-0.15, -0.1) is 11.3 Å². The third-order valence-corrected chi connectivity index (χ3v) is 3.51. The van der Waals surface area contributed by atoms with E-state index >= 15 is 0 Å². The van der Waals surface area contributed by atoms with E-state index in [9.17, 15) is 4.79 Å². The Morgan fingerprint density at radius 2 is 2.21 bits per heavy atom. The van der Waals surface area contributed by atoms with Gasteiger partial charge < -0.3 is 4.74 Å². The normalized spacial score (nSPS) is 12.5. The van der Waals surface area contributed by atoms with Gasteiger partial charge in [0.15, 0.2) is 0 Å². The quantitative estimate of drug-likeness (QED) is 0.717. The van der Waals surface area contributed by atoms with E-state index < -0.39 is 0 Å². The molecule has 0 saturated carbocycles. The maximum Gasteiger partial charge on any atom is 0.313 e. The highest BCUT2D eigenvalue weighted by molar-refractivity contribution is 7.12. The molecule has 0 N–H and O–H groups in total. The van der Waals surface area contributed by atoms with Crippen LogP contribution in [0.3, 0.4) is 0 Å². The molecule has 1 unspecified atom stereocenters. The molecule has 3 heteroatoms. The fourth-order valence-corrected chi connectivity index (χ4v) is 2.19. The lowest BCUT2D eigenvalue weighted by molar-refractivity contribution is -0.144. The summed E-state index contributed by atoms with van der Waals surface area (Å²) in [4.78, 5) is 13.8. The van der Waals surface area contributed by atoms with Crippen molar-refractivity contribution >= 4 is 17.3 Å². The van der Waals surface area contributed by atoms with Crippen LogP contribution in [0.1, 0.15) is 36.4 Å². The van der Waals surface area contributed by atoms with Crippen LogP contribution in [-0.2, 0) is 16.0 Å². The summed E-state index contributed by atoms with van der Waals surface area (Å²) in [6.07, 6.45) is 1.03. The van der Waals surface area contributed by atoms with E-state index in [4.69, 9.17) is 4.74 Å². The van der Waals surface area contributed by atoms with Crippen molar-refractivity contribution in [2.24, 2.45) is 0 Å². The highest BCUT2D eigenvalue weighted by Crippen LogP contribution is 2.25. The molecular formula is C11H16O2S. The van der Waals surface area contributed by atoms with Gasteiger partial charge in [-0.05, 0) is 32.4 Å². The van der Waals surface area contributed by atoms with Crippen molar-refractivity contribution in [1.82, 2.24) is 0 Å². The Hall–Kier alpha value is -0.830. The second kappa shape index (κ2) is 5.15. The van der Waals surface area contributed by atoms with Gasteiger partial charge in [0.1, 0.15) is 0 Å². The maximum atomic E-state index is 11.4. The van der Waals surface area contributed by atoms with Crippen molar-refractivity contribution in [1.29, 1.82) is 0 Å². The zero-order chi connectivity index (χ0) is 10.6. The Morgan fingerprint density at radius 3 is 2.71 bits per heavy atom. The second-order valence-corrected chi connectivity index (χ2v) is 4.33. The molecular weight excluding hydrogens is 196 g/mol. The molecule has 0 aliphatic carbocycles. The average molecular weight is 212 g/mol. The second-order valence-electron chi connectivity index (χ2n) is 3.13. The summed E-state index contributed by atoms with van der Waals surface area (Å²) in [5, 5.41) is 0. The Morgan fingerprint density at radius 1 is 1.50 bits per heavy atom. The molecule has 0 aliphatic heterocycles. The van der Waals surface area contributed by atoms with E-state index in [-0.39, 0.29) is 11.9 Å². The third kappa shape index (κ3) is 2.58. The molecule has 1 atom stereocenters. The SMILES string of the molecule is CCOC(=O)C(C)c1ccc(CC)s1. The minimum Gasteiger partial charge on any atom is -0.466 e. The van der Waals surface area contributed by atoms with E-state index in [2.05, 4.69) is 13.0 Å². The molecule has 1 aromatic heterocycles. The summed E-state index contributed by atoms with van der Waals surface area (Å²) >= 11 is 1.69. The van der Waals surface area contributed by atoms with E-state index in [1.165, 1.54) is 4.88 Å². The van der Waals surface area contributed by atoms with Crippen LogP contribution < -0.4 is 0 Å². The van der Waals surface area contributed by atoms with Gasteiger partial charge in [-0.25, -0.2) is 0 Å². The summed E-state index contributed by atoms with van der Waals surface area (Å²) in [6.45, 7) is 6.29. The number of carbonyl (C=O) groups excluding carboxylic acids is 1. The van der Waals surface area contributed by atoms with Gasteiger partial charge in [0.2, 0.25) is 0 Å². The zero-order valence-electron chi connectivity index (χ0n) is 8.87. The number of ether oxygens (including phenoxy) is 1. The number of esters is 1. The minimum absolute atomic E-state index is 0.125. The van der Waals surface area contributed by atoms with E-state index in [1.54, 1.807) is 11.3 Å². The highest BCUT2D eigenvalue weighted by Gasteiger charge is 2.17. The molecule has 1 heterocycles. The summed E-state index contributed by atoms with van der Waals surface area (Å²) < 4.78 is 4.97. The predicted octanol–water partition coefficient (Wildman–Crippen LogP) is 2.98. The van der Waals surface area contributed by atoms with Crippen LogP contribution in [0.2, 0.25) is 0 Å². The highest BCUT2D eigenvalue weighted by atomic mass is 32.1. The molecule has 2 nitrogen and oxygen atoms in total. The fourth-order valence-electron chi connectivity index (χ4n) is 1.20.